The monoisotopic (exact) mass is 551 g/mol. The van der Waals surface area contributed by atoms with Crippen LogP contribution in [-0.4, -0.2) is 76.1 Å². The fraction of sp³-hybridized carbons (Fsp3) is 0.393. The van der Waals surface area contributed by atoms with Crippen LogP contribution >= 0.6 is 11.3 Å². The maximum atomic E-state index is 15.3. The Morgan fingerprint density at radius 1 is 1.15 bits per heavy atom. The predicted molar refractivity (Wildman–Crippen MR) is 147 cm³/mol. The van der Waals surface area contributed by atoms with Crippen molar-refractivity contribution in [3.8, 4) is 17.0 Å². The Labute approximate surface area is 228 Å². The number of hydrogen-bond acceptors (Lipinski definition) is 6. The second-order valence-electron chi connectivity index (χ2n) is 10.3. The van der Waals surface area contributed by atoms with Crippen molar-refractivity contribution in [1.29, 1.82) is 0 Å². The Morgan fingerprint density at radius 2 is 1.95 bits per heavy atom. The molecule has 2 fully saturated rings. The number of likely N-dealkylation sites (tertiary alicyclic amines) is 2. The molecule has 2 amide bonds. The van der Waals surface area contributed by atoms with E-state index in [1.807, 2.05) is 16.5 Å². The van der Waals surface area contributed by atoms with Gasteiger partial charge < -0.3 is 25.0 Å². The van der Waals surface area contributed by atoms with Crippen molar-refractivity contribution in [3.05, 3.63) is 53.5 Å². The third kappa shape index (κ3) is 4.70. The van der Waals surface area contributed by atoms with E-state index in [1.54, 1.807) is 25.4 Å². The summed E-state index contributed by atoms with van der Waals surface area (Å²) < 4.78 is 23.6. The number of carbonyl (C=O) groups is 2. The molecule has 4 aromatic rings. The molecule has 2 aliphatic heterocycles. The van der Waals surface area contributed by atoms with Crippen LogP contribution in [0.25, 0.3) is 26.4 Å². The van der Waals surface area contributed by atoms with Crippen molar-refractivity contribution in [2.75, 3.05) is 33.8 Å². The van der Waals surface area contributed by atoms with Gasteiger partial charge in [-0.15, -0.1) is 0 Å². The zero-order valence-electron chi connectivity index (χ0n) is 21.8. The number of carboxylic acid groups (broad SMARTS) is 1. The molecule has 204 valence electrons. The molecule has 0 radical (unpaired) electrons. The number of benzene rings is 2. The number of methoxy groups -OCH3 is 1. The fourth-order valence-corrected chi connectivity index (χ4v) is 6.73. The summed E-state index contributed by atoms with van der Waals surface area (Å²) >= 11 is 1.42. The van der Waals surface area contributed by atoms with Gasteiger partial charge in [-0.1, -0.05) is 17.4 Å². The highest BCUT2D eigenvalue weighted by Crippen LogP contribution is 2.37. The number of nitrogens with one attached hydrogen (secondary N) is 1. The normalized spacial score (nSPS) is 18.7. The first-order valence-electron chi connectivity index (χ1n) is 13.1. The van der Waals surface area contributed by atoms with Gasteiger partial charge in [-0.25, -0.2) is 14.2 Å². The Morgan fingerprint density at radius 3 is 2.67 bits per heavy atom. The van der Waals surface area contributed by atoms with Crippen molar-refractivity contribution in [1.82, 2.24) is 24.5 Å². The van der Waals surface area contributed by atoms with E-state index in [0.29, 0.717) is 46.1 Å². The van der Waals surface area contributed by atoms with E-state index in [2.05, 4.69) is 22.2 Å². The minimum Gasteiger partial charge on any atom is -0.496 e. The molecule has 9 nitrogen and oxygen atoms in total. The highest BCUT2D eigenvalue weighted by molar-refractivity contribution is 7.23. The lowest BCUT2D eigenvalue weighted by Crippen LogP contribution is -2.43. The smallest absolute Gasteiger partial charge is 0.407 e. The summed E-state index contributed by atoms with van der Waals surface area (Å²) in [4.78, 5) is 33.6. The number of hydrogen-bond donors (Lipinski definition) is 2. The van der Waals surface area contributed by atoms with Gasteiger partial charge >= 0.3 is 6.09 Å². The van der Waals surface area contributed by atoms with Crippen LogP contribution in [0.2, 0.25) is 0 Å². The first-order valence-corrected chi connectivity index (χ1v) is 13.9. The molecule has 39 heavy (non-hydrogen) atoms. The number of amides is 2. The average molecular weight is 552 g/mol. The van der Waals surface area contributed by atoms with Crippen LogP contribution in [0.1, 0.15) is 47.6 Å². The van der Waals surface area contributed by atoms with E-state index in [9.17, 15) is 14.7 Å². The Hall–Kier alpha value is -3.70. The van der Waals surface area contributed by atoms with Crippen molar-refractivity contribution in [3.63, 3.8) is 0 Å². The first kappa shape index (κ1) is 25.6. The van der Waals surface area contributed by atoms with Crippen LogP contribution in [0.3, 0.4) is 0 Å². The zero-order valence-corrected chi connectivity index (χ0v) is 22.6. The van der Waals surface area contributed by atoms with Gasteiger partial charge in [0.05, 0.1) is 34.6 Å². The van der Waals surface area contributed by atoms with Gasteiger partial charge in [0.25, 0.3) is 5.91 Å². The lowest BCUT2D eigenvalue weighted by Gasteiger charge is -2.29. The summed E-state index contributed by atoms with van der Waals surface area (Å²) in [6, 6.07) is 8.35. The summed E-state index contributed by atoms with van der Waals surface area (Å²) in [5.41, 5.74) is 2.79. The molecule has 2 aromatic heterocycles. The van der Waals surface area contributed by atoms with Gasteiger partial charge in [0.2, 0.25) is 0 Å². The molecule has 0 spiro atoms. The van der Waals surface area contributed by atoms with Crippen LogP contribution in [0.15, 0.2) is 36.5 Å². The largest absolute Gasteiger partial charge is 0.496 e. The predicted octanol–water partition coefficient (Wildman–Crippen LogP) is 5.00. The molecule has 6 rings (SSSR count). The number of aromatic nitrogens is 2. The third-order valence-corrected chi connectivity index (χ3v) is 8.88. The number of halogens is 1. The minimum absolute atomic E-state index is 0.138. The van der Waals surface area contributed by atoms with Crippen molar-refractivity contribution >= 4 is 38.5 Å². The van der Waals surface area contributed by atoms with Crippen molar-refractivity contribution in [2.24, 2.45) is 0 Å². The molecule has 2 aromatic carbocycles. The molecular weight excluding hydrogens is 521 g/mol. The number of fused-ring (bicyclic) bond motifs is 3. The Bertz CT molecular complexity index is 1580. The molecule has 0 aliphatic carbocycles. The molecule has 0 saturated carbocycles. The van der Waals surface area contributed by atoms with Gasteiger partial charge in [0, 0.05) is 30.4 Å². The number of piperidine rings is 1. The number of nitrogens with zero attached hydrogens (tertiary/aromatic N) is 4. The number of rotatable bonds is 5. The molecule has 4 heterocycles. The van der Waals surface area contributed by atoms with E-state index in [0.717, 1.165) is 42.6 Å². The molecule has 1 atom stereocenters. The molecular formula is C28H30FN5O4S. The van der Waals surface area contributed by atoms with E-state index in [4.69, 9.17) is 4.74 Å². The highest BCUT2D eigenvalue weighted by Gasteiger charge is 2.30. The summed E-state index contributed by atoms with van der Waals surface area (Å²) in [5, 5.41) is 12.6. The maximum absolute atomic E-state index is 15.3. The number of imidazole rings is 1. The minimum atomic E-state index is -0.985. The summed E-state index contributed by atoms with van der Waals surface area (Å²) in [5.74, 6) is -0.121. The molecule has 11 heteroatoms. The molecule has 2 N–H and O–H groups in total. The van der Waals surface area contributed by atoms with Crippen molar-refractivity contribution in [2.45, 2.75) is 37.8 Å². The van der Waals surface area contributed by atoms with Crippen LogP contribution < -0.4 is 10.1 Å². The van der Waals surface area contributed by atoms with Crippen LogP contribution in [-0.2, 0) is 0 Å². The van der Waals surface area contributed by atoms with Gasteiger partial charge in [-0.3, -0.25) is 9.20 Å². The third-order valence-electron chi connectivity index (χ3n) is 7.87. The quantitative estimate of drug-likeness (QED) is 0.362. The number of thiazole rings is 1. The molecule has 0 bridgehead atoms. The van der Waals surface area contributed by atoms with E-state index in [1.165, 1.54) is 22.3 Å². The first-order chi connectivity index (χ1) is 18.8. The van der Waals surface area contributed by atoms with Crippen molar-refractivity contribution < 1.29 is 23.8 Å². The number of ether oxygens (including phenoxy) is 1. The second kappa shape index (κ2) is 10.1. The Kier molecular flexibility index (Phi) is 6.64. The topological polar surface area (TPSA) is 99.4 Å². The van der Waals surface area contributed by atoms with Crippen LogP contribution in [0, 0.1) is 5.82 Å². The SMILES string of the molecule is COc1cc2c(cc1C(=O)NC1CCN(C)CC1)sc1nc(-c3ccc(C4CCCN4C(=O)O)cc3F)cn12. The summed E-state index contributed by atoms with van der Waals surface area (Å²) in [7, 11) is 3.63. The summed E-state index contributed by atoms with van der Waals surface area (Å²) in [6.07, 6.45) is 4.06. The average Bonchev–Trinajstić information content (AvgIpc) is 3.64. The van der Waals surface area contributed by atoms with E-state index in [-0.39, 0.29) is 18.0 Å². The lowest BCUT2D eigenvalue weighted by molar-refractivity contribution is 0.0914. The van der Waals surface area contributed by atoms with Gasteiger partial charge in [0.1, 0.15) is 11.6 Å². The molecule has 2 aliphatic rings. The molecule has 2 saturated heterocycles. The standard InChI is InChI=1S/C28H30FN5O4S/c1-32-10-7-17(8-11-32)30-26(35)19-13-25-23(14-24(19)38-2)34-15-21(31-27(34)39-25)18-6-5-16(12-20(18)29)22-4-3-9-33(22)28(36)37/h5-6,12-15,17,22H,3-4,7-11H2,1-2H3,(H,30,35)(H,36,37). The van der Waals surface area contributed by atoms with Crippen LogP contribution in [0.5, 0.6) is 5.75 Å². The number of carbonyl (C=O) groups excluding carboxylic acids is 1. The van der Waals surface area contributed by atoms with Gasteiger partial charge in [-0.2, -0.15) is 0 Å². The lowest BCUT2D eigenvalue weighted by atomic mass is 10.0. The maximum Gasteiger partial charge on any atom is 0.407 e. The van der Waals surface area contributed by atoms with Gasteiger partial charge in [0.15, 0.2) is 4.96 Å². The fourth-order valence-electron chi connectivity index (χ4n) is 5.71. The van der Waals surface area contributed by atoms with E-state index < -0.39 is 11.9 Å². The zero-order chi connectivity index (χ0) is 27.3. The molecule has 1 unspecified atom stereocenters. The van der Waals surface area contributed by atoms with Crippen LogP contribution in [0.4, 0.5) is 9.18 Å². The van der Waals surface area contributed by atoms with E-state index >= 15 is 4.39 Å². The summed E-state index contributed by atoms with van der Waals surface area (Å²) in [6.45, 7) is 2.37. The second-order valence-corrected chi connectivity index (χ2v) is 11.3. The van der Waals surface area contributed by atoms with Gasteiger partial charge in [-0.05, 0) is 69.6 Å². The highest BCUT2D eigenvalue weighted by atomic mass is 32.1. The Balaban J connectivity index is 1.29.